The van der Waals surface area contributed by atoms with Gasteiger partial charge in [-0.25, -0.2) is 13.8 Å². The molecule has 0 bridgehead atoms. The molecule has 3 aromatic heterocycles. The fourth-order valence-corrected chi connectivity index (χ4v) is 3.43. The lowest BCUT2D eigenvalue weighted by molar-refractivity contribution is -0.130. The first-order valence-corrected chi connectivity index (χ1v) is 8.66. The molecular formula is C19H21F2N5. The smallest absolute Gasteiger partial charge is 0.272 e. The average Bonchev–Trinajstić information content (AvgIpc) is 2.98. The Morgan fingerprint density at radius 3 is 2.58 bits per heavy atom. The van der Waals surface area contributed by atoms with Crippen LogP contribution in [0.3, 0.4) is 0 Å². The SMILES string of the molecule is Cc1ccnc(C)c1Nc1nccc2c1ccn2CCN1CC(F)(F)C1. The van der Waals surface area contributed by atoms with Crippen LogP contribution in [0.1, 0.15) is 11.3 Å². The Morgan fingerprint density at radius 1 is 1.08 bits per heavy atom. The van der Waals surface area contributed by atoms with Crippen molar-refractivity contribution < 1.29 is 8.78 Å². The van der Waals surface area contributed by atoms with Gasteiger partial charge >= 0.3 is 0 Å². The van der Waals surface area contributed by atoms with Gasteiger partial charge in [-0.3, -0.25) is 9.88 Å². The molecular weight excluding hydrogens is 336 g/mol. The van der Waals surface area contributed by atoms with Crippen LogP contribution in [0, 0.1) is 13.8 Å². The third kappa shape index (κ3) is 3.14. The first-order valence-electron chi connectivity index (χ1n) is 8.66. The number of rotatable bonds is 5. The van der Waals surface area contributed by atoms with Crippen LogP contribution in [0.5, 0.6) is 0 Å². The van der Waals surface area contributed by atoms with Crippen molar-refractivity contribution in [1.29, 1.82) is 0 Å². The van der Waals surface area contributed by atoms with Crippen LogP contribution in [-0.2, 0) is 6.54 Å². The maximum Gasteiger partial charge on any atom is 0.272 e. The van der Waals surface area contributed by atoms with E-state index in [1.54, 1.807) is 17.3 Å². The lowest BCUT2D eigenvalue weighted by Crippen LogP contribution is -2.56. The number of fused-ring (bicyclic) bond motifs is 1. The summed E-state index contributed by atoms with van der Waals surface area (Å²) in [4.78, 5) is 10.6. The third-order valence-corrected chi connectivity index (χ3v) is 4.86. The summed E-state index contributed by atoms with van der Waals surface area (Å²) in [5.41, 5.74) is 4.02. The Bertz CT molecular complexity index is 922. The van der Waals surface area contributed by atoms with Crippen molar-refractivity contribution in [3.63, 3.8) is 0 Å². The fraction of sp³-hybridized carbons (Fsp3) is 0.368. The van der Waals surface area contributed by atoms with Crippen molar-refractivity contribution in [3.8, 4) is 0 Å². The Morgan fingerprint density at radius 2 is 1.85 bits per heavy atom. The van der Waals surface area contributed by atoms with Gasteiger partial charge in [0.25, 0.3) is 5.92 Å². The van der Waals surface area contributed by atoms with E-state index in [1.165, 1.54) is 0 Å². The molecule has 0 saturated carbocycles. The number of anilines is 2. The van der Waals surface area contributed by atoms with Gasteiger partial charge in [-0.05, 0) is 37.6 Å². The predicted octanol–water partition coefficient (Wildman–Crippen LogP) is 3.74. The van der Waals surface area contributed by atoms with Crippen LogP contribution < -0.4 is 5.32 Å². The van der Waals surface area contributed by atoms with Crippen molar-refractivity contribution in [1.82, 2.24) is 19.4 Å². The number of aromatic nitrogens is 3. The Labute approximate surface area is 150 Å². The second-order valence-electron chi connectivity index (χ2n) is 6.88. The molecule has 0 radical (unpaired) electrons. The Balaban J connectivity index is 1.55. The molecule has 3 aromatic rings. The molecule has 1 fully saturated rings. The lowest BCUT2D eigenvalue weighted by atomic mass is 10.1. The van der Waals surface area contributed by atoms with E-state index in [2.05, 4.69) is 19.9 Å². The normalized spacial score (nSPS) is 16.6. The number of halogens is 2. The van der Waals surface area contributed by atoms with Gasteiger partial charge in [-0.1, -0.05) is 0 Å². The highest BCUT2D eigenvalue weighted by Crippen LogP contribution is 2.29. The molecule has 0 aliphatic carbocycles. The molecule has 1 aliphatic rings. The summed E-state index contributed by atoms with van der Waals surface area (Å²) in [5, 5.41) is 4.40. The van der Waals surface area contributed by atoms with Gasteiger partial charge < -0.3 is 9.88 Å². The van der Waals surface area contributed by atoms with Crippen molar-refractivity contribution in [2.75, 3.05) is 25.0 Å². The van der Waals surface area contributed by atoms with E-state index in [0.29, 0.717) is 13.1 Å². The van der Waals surface area contributed by atoms with Crippen LogP contribution >= 0.6 is 0 Å². The molecule has 4 rings (SSSR count). The van der Waals surface area contributed by atoms with Crippen LogP contribution in [0.25, 0.3) is 10.9 Å². The minimum Gasteiger partial charge on any atom is -0.346 e. The first kappa shape index (κ1) is 16.9. The van der Waals surface area contributed by atoms with E-state index < -0.39 is 5.92 Å². The third-order valence-electron chi connectivity index (χ3n) is 4.86. The van der Waals surface area contributed by atoms with Crippen molar-refractivity contribution in [2.45, 2.75) is 26.3 Å². The molecule has 4 heterocycles. The molecule has 7 heteroatoms. The van der Waals surface area contributed by atoms with Crippen molar-refractivity contribution >= 4 is 22.4 Å². The Hall–Kier alpha value is -2.54. The number of nitrogens with zero attached hydrogens (tertiary/aromatic N) is 4. The summed E-state index contributed by atoms with van der Waals surface area (Å²) in [5.74, 6) is -1.74. The zero-order valence-electron chi connectivity index (χ0n) is 14.8. The molecule has 0 amide bonds. The number of alkyl halides is 2. The molecule has 26 heavy (non-hydrogen) atoms. The molecule has 136 valence electrons. The number of aryl methyl sites for hydroxylation is 2. The number of likely N-dealkylation sites (tertiary alicyclic amines) is 1. The first-order chi connectivity index (χ1) is 12.4. The number of pyridine rings is 2. The molecule has 1 saturated heterocycles. The van der Waals surface area contributed by atoms with E-state index >= 15 is 0 Å². The molecule has 0 aromatic carbocycles. The van der Waals surface area contributed by atoms with E-state index in [0.717, 1.165) is 33.7 Å². The van der Waals surface area contributed by atoms with Gasteiger partial charge in [0.15, 0.2) is 0 Å². The van der Waals surface area contributed by atoms with Gasteiger partial charge in [-0.2, -0.15) is 0 Å². The summed E-state index contributed by atoms with van der Waals surface area (Å²) in [6, 6.07) is 5.92. The van der Waals surface area contributed by atoms with Crippen LogP contribution in [0.15, 0.2) is 36.8 Å². The quantitative estimate of drug-likeness (QED) is 0.756. The zero-order chi connectivity index (χ0) is 18.3. The summed E-state index contributed by atoms with van der Waals surface area (Å²) in [6.07, 6.45) is 5.54. The van der Waals surface area contributed by atoms with E-state index in [-0.39, 0.29) is 13.1 Å². The molecule has 0 spiro atoms. The standard InChI is InChI=1S/C19H21F2N5/c1-13-3-6-22-14(2)17(13)24-18-15-5-8-26(16(15)4-7-23-18)10-9-25-11-19(20,21)12-25/h3-8H,9-12H2,1-2H3,(H,23,24). The number of hydrogen-bond acceptors (Lipinski definition) is 4. The minimum absolute atomic E-state index is 0.139. The molecule has 5 nitrogen and oxygen atoms in total. The van der Waals surface area contributed by atoms with Gasteiger partial charge in [0.1, 0.15) is 5.82 Å². The largest absolute Gasteiger partial charge is 0.346 e. The van der Waals surface area contributed by atoms with Gasteiger partial charge in [0, 0.05) is 37.1 Å². The molecule has 0 unspecified atom stereocenters. The van der Waals surface area contributed by atoms with Crippen LogP contribution in [0.2, 0.25) is 0 Å². The minimum atomic E-state index is -2.51. The summed E-state index contributed by atoms with van der Waals surface area (Å²) in [7, 11) is 0. The summed E-state index contributed by atoms with van der Waals surface area (Å²) in [6.45, 7) is 5.01. The van der Waals surface area contributed by atoms with E-state index in [4.69, 9.17) is 0 Å². The van der Waals surface area contributed by atoms with Crippen molar-refractivity contribution in [3.05, 3.63) is 48.0 Å². The Kier molecular flexibility index (Phi) is 4.11. The fourth-order valence-electron chi connectivity index (χ4n) is 3.43. The zero-order valence-corrected chi connectivity index (χ0v) is 14.8. The van der Waals surface area contributed by atoms with Crippen LogP contribution in [0.4, 0.5) is 20.3 Å². The second kappa shape index (κ2) is 6.32. The van der Waals surface area contributed by atoms with E-state index in [1.807, 2.05) is 38.2 Å². The van der Waals surface area contributed by atoms with Gasteiger partial charge in [0.2, 0.25) is 0 Å². The maximum atomic E-state index is 13.0. The maximum absolute atomic E-state index is 13.0. The second-order valence-corrected chi connectivity index (χ2v) is 6.88. The summed E-state index contributed by atoms with van der Waals surface area (Å²) >= 11 is 0. The highest BCUT2D eigenvalue weighted by molar-refractivity contribution is 5.92. The molecule has 0 atom stereocenters. The predicted molar refractivity (Wildman–Crippen MR) is 98.1 cm³/mol. The highest BCUT2D eigenvalue weighted by Gasteiger charge is 2.43. The van der Waals surface area contributed by atoms with Gasteiger partial charge in [0.05, 0.1) is 30.0 Å². The van der Waals surface area contributed by atoms with Gasteiger partial charge in [-0.15, -0.1) is 0 Å². The number of hydrogen-bond donors (Lipinski definition) is 1. The number of nitrogens with one attached hydrogen (secondary N) is 1. The molecule has 1 N–H and O–H groups in total. The highest BCUT2D eigenvalue weighted by atomic mass is 19.3. The van der Waals surface area contributed by atoms with E-state index in [9.17, 15) is 8.78 Å². The summed E-state index contributed by atoms with van der Waals surface area (Å²) < 4.78 is 28.0. The monoisotopic (exact) mass is 357 g/mol. The van der Waals surface area contributed by atoms with Crippen molar-refractivity contribution in [2.24, 2.45) is 0 Å². The lowest BCUT2D eigenvalue weighted by Gasteiger charge is -2.38. The average molecular weight is 357 g/mol. The topological polar surface area (TPSA) is 46.0 Å². The van der Waals surface area contributed by atoms with Crippen LogP contribution in [-0.4, -0.2) is 45.0 Å². The molecule has 1 aliphatic heterocycles.